The summed E-state index contributed by atoms with van der Waals surface area (Å²) in [4.78, 5) is 10.1. The van der Waals surface area contributed by atoms with E-state index >= 15 is 0 Å². The van der Waals surface area contributed by atoms with Crippen molar-refractivity contribution in [3.63, 3.8) is 0 Å². The van der Waals surface area contributed by atoms with Gasteiger partial charge in [0, 0.05) is 4.79 Å². The Hall–Kier alpha value is -0.224. The van der Waals surface area contributed by atoms with E-state index in [0.29, 0.717) is 6.42 Å². The summed E-state index contributed by atoms with van der Waals surface area (Å²) >= 11 is 0. The van der Waals surface area contributed by atoms with Gasteiger partial charge in [0.25, 0.3) is 0 Å². The molecule has 106 valence electrons. The van der Waals surface area contributed by atoms with Crippen molar-refractivity contribution in [3.8, 4) is 0 Å². The molecule has 0 bridgehead atoms. The van der Waals surface area contributed by atoms with Crippen molar-refractivity contribution in [1.82, 2.24) is 0 Å². The zero-order chi connectivity index (χ0) is 7.82. The van der Waals surface area contributed by atoms with Crippen LogP contribution < -0.4 is 0 Å². The topological polar surface area (TPSA) is 207 Å². The Labute approximate surface area is 109 Å². The molecule has 0 aliphatic rings. The van der Waals surface area contributed by atoms with Crippen molar-refractivity contribution in [2.45, 2.75) is 45.4 Å². The first kappa shape index (κ1) is 44.7. The molecule has 0 unspecified atom stereocenters. The van der Waals surface area contributed by atoms with Gasteiger partial charge in [-0.3, -0.25) is 0 Å². The van der Waals surface area contributed by atoms with Gasteiger partial charge in [0.15, 0.2) is 0 Å². The molecule has 12 N–H and O–H groups in total. The van der Waals surface area contributed by atoms with Crippen LogP contribution in [0.4, 0.5) is 0 Å². The van der Waals surface area contributed by atoms with E-state index in [1.165, 1.54) is 19.3 Å². The van der Waals surface area contributed by atoms with Crippen LogP contribution in [0, 0.1) is 0 Å². The van der Waals surface area contributed by atoms with Gasteiger partial charge in [0.2, 0.25) is 0 Å². The predicted molar refractivity (Wildman–Crippen MR) is 68.4 cm³/mol. The van der Waals surface area contributed by atoms with E-state index in [-0.39, 0.29) is 47.5 Å². The smallest absolute Gasteiger partial charge is 0.693 e. The molecule has 7 nitrogen and oxygen atoms in total. The van der Waals surface area contributed by atoms with Crippen LogP contribution >= 0.6 is 0 Å². The van der Waals surface area contributed by atoms with E-state index in [0.717, 1.165) is 12.8 Å². The maximum Gasteiger partial charge on any atom is 3.00 e. The van der Waals surface area contributed by atoms with Gasteiger partial charge >= 0.3 is 22.7 Å². The molecule has 0 aromatic carbocycles. The molecule has 0 aliphatic carbocycles. The number of nitrogens with two attached hydrogens (primary N) is 5. The fraction of sp³-hybridized carbons (Fsp3) is 0.875. The molecule has 0 saturated carbocycles. The molecule has 0 aromatic heterocycles. The van der Waals surface area contributed by atoms with Crippen molar-refractivity contribution in [3.05, 3.63) is 30.8 Å². The van der Waals surface area contributed by atoms with E-state index in [9.17, 15) is 4.79 Å². The summed E-state index contributed by atoms with van der Waals surface area (Å²) < 4.78 is 0. The van der Waals surface area contributed by atoms with E-state index < -0.39 is 5.97 Å². The largest absolute Gasteiger partial charge is 3.00 e. The molecule has 0 aromatic rings. The summed E-state index contributed by atoms with van der Waals surface area (Å²) in [5.74, 6) is -0.420. The van der Waals surface area contributed by atoms with E-state index in [1.807, 2.05) is 0 Å². The molecule has 0 spiro atoms. The zero-order valence-corrected chi connectivity index (χ0v) is 10.9. The summed E-state index contributed by atoms with van der Waals surface area (Å²) in [7, 11) is 0. The molecular formula is C8H27CoN5O2-. The third-order valence-electron chi connectivity index (χ3n) is 1.51. The van der Waals surface area contributed by atoms with Crippen molar-refractivity contribution in [1.29, 1.82) is 0 Å². The molecule has 8 heteroatoms. The Kier molecular flexibility index (Phi) is 102. The second-order valence-electron chi connectivity index (χ2n) is 2.59. The van der Waals surface area contributed by atoms with Crippen LogP contribution in [0.25, 0.3) is 30.8 Å². The first-order valence-electron chi connectivity index (χ1n) is 4.01. The Morgan fingerprint density at radius 3 is 1.56 bits per heavy atom. The minimum atomic E-state index is -0.420. The minimum Gasteiger partial charge on any atom is -0.693 e. The summed E-state index contributed by atoms with van der Waals surface area (Å²) in [6, 6.07) is 0. The molecule has 16 heavy (non-hydrogen) atoms. The van der Waals surface area contributed by atoms with Crippen molar-refractivity contribution in [2.24, 2.45) is 0 Å². The van der Waals surface area contributed by atoms with E-state index in [4.69, 9.17) is 5.11 Å². The average Bonchev–Trinajstić information content (AvgIpc) is 1.87. The van der Waals surface area contributed by atoms with Gasteiger partial charge in [-0.1, -0.05) is 32.6 Å². The molecule has 0 rings (SSSR count). The van der Waals surface area contributed by atoms with Crippen molar-refractivity contribution < 1.29 is 26.7 Å². The van der Waals surface area contributed by atoms with Gasteiger partial charge in [-0.2, -0.15) is 0 Å². The second-order valence-corrected chi connectivity index (χ2v) is 2.59. The molecule has 0 amide bonds. The van der Waals surface area contributed by atoms with Crippen LogP contribution in [0.1, 0.15) is 45.4 Å². The first-order valence-corrected chi connectivity index (χ1v) is 4.01. The molecule has 0 radical (unpaired) electrons. The Bertz CT molecular complexity index is 108. The molecule has 0 heterocycles. The fourth-order valence-electron chi connectivity index (χ4n) is 0.889. The minimum absolute atomic E-state index is 0. The predicted octanol–water partition coefficient (Wildman–Crippen LogP) is 5.18. The number of rotatable bonds is 6. The summed E-state index contributed by atoms with van der Waals surface area (Å²) in [6.07, 6.45) is 6.16. The number of carbonyl (C=O) groups is 1. The SMILES string of the molecule is CCCCCCCC(=O)[OH2+].[Co+3].[NH2-].[NH2-].[NH2-].[NH2-].[NH2-]. The Morgan fingerprint density at radius 1 is 0.875 bits per heavy atom. The molecule has 0 atom stereocenters. The van der Waals surface area contributed by atoms with Gasteiger partial charge in [-0.05, 0) is 6.42 Å². The van der Waals surface area contributed by atoms with E-state index in [2.05, 4.69) is 6.92 Å². The first-order chi connectivity index (χ1) is 4.77. The van der Waals surface area contributed by atoms with Gasteiger partial charge in [-0.15, -0.1) is 0 Å². The Morgan fingerprint density at radius 2 is 1.25 bits per heavy atom. The van der Waals surface area contributed by atoms with Crippen LogP contribution in [-0.4, -0.2) is 11.1 Å². The maximum absolute atomic E-state index is 10.1. The monoisotopic (exact) mass is 284 g/mol. The normalized spacial score (nSPS) is 6.06. The fourth-order valence-corrected chi connectivity index (χ4v) is 0.889. The standard InChI is InChI=1S/C8H16O2.Co.5H2N/c1-2-3-4-5-6-7-8(9)10;;;;;;/h2-7H2,1H3,(H,9,10);;5*1H2/q;+3;5*-1/p+1. The molecule has 0 saturated heterocycles. The number of hydrogen-bond acceptors (Lipinski definition) is 1. The Balaban J connectivity index is -0.0000000270. The maximum atomic E-state index is 10.1. The van der Waals surface area contributed by atoms with Crippen LogP contribution in [-0.2, 0) is 21.6 Å². The molecule has 0 fully saturated rings. The number of carbonyl (C=O) groups excluding carboxylic acids is 1. The van der Waals surface area contributed by atoms with Crippen LogP contribution in [0.2, 0.25) is 0 Å². The summed E-state index contributed by atoms with van der Waals surface area (Å²) in [6.45, 7) is 2.16. The third-order valence-corrected chi connectivity index (χ3v) is 1.51. The zero-order valence-electron chi connectivity index (χ0n) is 9.87. The molecular weight excluding hydrogens is 257 g/mol. The van der Waals surface area contributed by atoms with Gasteiger partial charge in [-0.25, -0.2) is 0 Å². The van der Waals surface area contributed by atoms with Crippen molar-refractivity contribution in [2.75, 3.05) is 0 Å². The van der Waals surface area contributed by atoms with Crippen molar-refractivity contribution >= 4 is 5.97 Å². The number of hydrogen-bond donors (Lipinski definition) is 0. The average molecular weight is 284 g/mol. The van der Waals surface area contributed by atoms with Crippen LogP contribution in [0.3, 0.4) is 0 Å². The second kappa shape index (κ2) is 36.4. The van der Waals surface area contributed by atoms with Crippen LogP contribution in [0.5, 0.6) is 0 Å². The van der Waals surface area contributed by atoms with Gasteiger partial charge < -0.3 is 35.9 Å². The number of unbranched alkanes of at least 4 members (excludes halogenated alkanes) is 4. The quantitative estimate of drug-likeness (QED) is 0.468. The third kappa shape index (κ3) is 49.0. The van der Waals surface area contributed by atoms with Crippen LogP contribution in [0.15, 0.2) is 0 Å². The van der Waals surface area contributed by atoms with Gasteiger partial charge in [0.05, 0.1) is 0 Å². The summed E-state index contributed by atoms with van der Waals surface area (Å²) in [5.41, 5.74) is 0. The van der Waals surface area contributed by atoms with Gasteiger partial charge in [0.1, 0.15) is 6.42 Å². The molecule has 0 aliphatic heterocycles. The summed E-state index contributed by atoms with van der Waals surface area (Å²) in [5, 5.41) is 6.62. The van der Waals surface area contributed by atoms with E-state index in [1.54, 1.807) is 0 Å².